The summed E-state index contributed by atoms with van der Waals surface area (Å²) >= 11 is 4.44. The molecule has 0 aromatic heterocycles. The summed E-state index contributed by atoms with van der Waals surface area (Å²) in [7, 11) is 0. The number of hydrogen-bond acceptors (Lipinski definition) is 7. The highest BCUT2D eigenvalue weighted by Crippen LogP contribution is 2.28. The third-order valence-electron chi connectivity index (χ3n) is 0.911. The second-order valence-electron chi connectivity index (χ2n) is 1.89. The van der Waals surface area contributed by atoms with E-state index in [9.17, 15) is 0 Å². The molecule has 7 nitrogen and oxygen atoms in total. The van der Waals surface area contributed by atoms with Crippen molar-refractivity contribution in [1.29, 1.82) is 0 Å². The van der Waals surface area contributed by atoms with E-state index >= 15 is 0 Å². The molecule has 11 heavy (non-hydrogen) atoms. The molecule has 0 aromatic carbocycles. The highest BCUT2D eigenvalue weighted by atomic mass is 35.5. The quantitative estimate of drug-likeness (QED) is 0.175. The van der Waals surface area contributed by atoms with E-state index in [2.05, 4.69) is 11.6 Å². The van der Waals surface area contributed by atoms with Crippen LogP contribution in [-0.4, -0.2) is 52.8 Å². The first-order valence-electron chi connectivity index (χ1n) is 2.25. The molecule has 0 amide bonds. The van der Waals surface area contributed by atoms with E-state index in [1.807, 2.05) is 0 Å². The number of rotatable bonds is 2. The Kier molecular flexibility index (Phi) is 2.51. The average Bonchev–Trinajstić information content (AvgIpc) is 1.58. The lowest BCUT2D eigenvalue weighted by Crippen LogP contribution is -2.66. The van der Waals surface area contributed by atoms with Crippen LogP contribution in [0.4, 0.5) is 0 Å². The van der Waals surface area contributed by atoms with Crippen LogP contribution in [0.1, 0.15) is 0 Å². The van der Waals surface area contributed by atoms with Crippen molar-refractivity contribution in [2.45, 2.75) is 17.0 Å². The van der Waals surface area contributed by atoms with Crippen LogP contribution in [0.15, 0.2) is 0 Å². The van der Waals surface area contributed by atoms with Crippen molar-refractivity contribution >= 4 is 11.6 Å². The zero-order valence-corrected chi connectivity index (χ0v) is 5.76. The Hall–Kier alpha value is 0.01000. The first-order valence-corrected chi connectivity index (χ1v) is 2.63. The fourth-order valence-electron chi connectivity index (χ4n) is 0.213. The minimum atomic E-state index is -4.14. The summed E-state index contributed by atoms with van der Waals surface area (Å²) in [6, 6.07) is 0. The van der Waals surface area contributed by atoms with Gasteiger partial charge in [-0.3, -0.25) is 0 Å². The van der Waals surface area contributed by atoms with Gasteiger partial charge in [0.15, 0.2) is 0 Å². The molecule has 0 fully saturated rings. The SMILES string of the molecule is OC(O)(O)C(O)(O)C(O)(O)Cl. The standard InChI is InChI=1S/C3H7ClO7/c4-2(7,8)1(5,6)3(9,10)11/h5-11H. The number of hydrogen-bond donors (Lipinski definition) is 7. The number of alkyl halides is 1. The van der Waals surface area contributed by atoms with Crippen LogP contribution in [0.3, 0.4) is 0 Å². The Labute approximate surface area is 65.3 Å². The second-order valence-corrected chi connectivity index (χ2v) is 2.42. The fourth-order valence-corrected chi connectivity index (χ4v) is 0.340. The molecule has 0 aromatic rings. The molecule has 0 atom stereocenters. The molecule has 7 N–H and O–H groups in total. The van der Waals surface area contributed by atoms with Gasteiger partial charge in [0.05, 0.1) is 0 Å². The predicted octanol–water partition coefficient (Wildman–Crippen LogP) is -3.82. The summed E-state index contributed by atoms with van der Waals surface area (Å²) in [5.74, 6) is -8.22. The highest BCUT2D eigenvalue weighted by molar-refractivity contribution is 6.22. The van der Waals surface area contributed by atoms with Crippen molar-refractivity contribution in [3.05, 3.63) is 0 Å². The second kappa shape index (κ2) is 2.51. The Morgan fingerprint density at radius 1 is 0.727 bits per heavy atom. The van der Waals surface area contributed by atoms with Crippen LogP contribution in [-0.2, 0) is 0 Å². The van der Waals surface area contributed by atoms with Gasteiger partial charge in [-0.1, -0.05) is 11.6 Å². The molecule has 0 aliphatic heterocycles. The van der Waals surface area contributed by atoms with Crippen molar-refractivity contribution < 1.29 is 35.7 Å². The summed E-state index contributed by atoms with van der Waals surface area (Å²) in [5, 5.41) is 53.6. The third-order valence-corrected chi connectivity index (χ3v) is 1.17. The van der Waals surface area contributed by atoms with Gasteiger partial charge in [-0.15, -0.1) is 0 Å². The lowest BCUT2D eigenvalue weighted by molar-refractivity contribution is -0.491. The molecule has 0 unspecified atom stereocenters. The Bertz CT molecular complexity index is 125. The topological polar surface area (TPSA) is 142 Å². The normalized spacial score (nSPS) is 15.3. The lowest BCUT2D eigenvalue weighted by atomic mass is 10.2. The minimum Gasteiger partial charge on any atom is -0.354 e. The Morgan fingerprint density at radius 2 is 1.00 bits per heavy atom. The lowest BCUT2D eigenvalue weighted by Gasteiger charge is -2.34. The van der Waals surface area contributed by atoms with Crippen LogP contribution >= 0.6 is 11.6 Å². The highest BCUT2D eigenvalue weighted by Gasteiger charge is 2.61. The van der Waals surface area contributed by atoms with E-state index in [0.29, 0.717) is 0 Å². The maximum Gasteiger partial charge on any atom is 0.340 e. The van der Waals surface area contributed by atoms with Crippen molar-refractivity contribution in [2.75, 3.05) is 0 Å². The molecule has 0 rings (SSSR count). The van der Waals surface area contributed by atoms with Crippen LogP contribution in [0, 0.1) is 0 Å². The van der Waals surface area contributed by atoms with Gasteiger partial charge in [0.25, 0.3) is 0 Å². The first-order chi connectivity index (χ1) is 4.50. The Morgan fingerprint density at radius 3 is 1.00 bits per heavy atom. The van der Waals surface area contributed by atoms with Gasteiger partial charge in [-0.25, -0.2) is 0 Å². The first kappa shape index (κ1) is 11.0. The van der Waals surface area contributed by atoms with Gasteiger partial charge in [0, 0.05) is 0 Å². The summed E-state index contributed by atoms with van der Waals surface area (Å²) in [5.41, 5.74) is 0. The molecular weight excluding hydrogens is 183 g/mol. The van der Waals surface area contributed by atoms with Gasteiger partial charge in [0.2, 0.25) is 0 Å². The van der Waals surface area contributed by atoms with Crippen LogP contribution in [0.2, 0.25) is 0 Å². The van der Waals surface area contributed by atoms with Crippen LogP contribution in [0.5, 0.6) is 0 Å². The van der Waals surface area contributed by atoms with Crippen LogP contribution in [0.25, 0.3) is 0 Å². The zero-order valence-electron chi connectivity index (χ0n) is 5.01. The van der Waals surface area contributed by atoms with Gasteiger partial charge in [-0.2, -0.15) is 0 Å². The van der Waals surface area contributed by atoms with Crippen molar-refractivity contribution in [1.82, 2.24) is 0 Å². The molecule has 0 aliphatic rings. The summed E-state index contributed by atoms with van der Waals surface area (Å²) in [4.78, 5) is 0. The third kappa shape index (κ3) is 1.98. The molecular formula is C3H7ClO7. The largest absolute Gasteiger partial charge is 0.354 e. The maximum atomic E-state index is 8.36. The van der Waals surface area contributed by atoms with E-state index in [1.54, 1.807) is 0 Å². The van der Waals surface area contributed by atoms with Gasteiger partial charge < -0.3 is 35.7 Å². The van der Waals surface area contributed by atoms with E-state index in [1.165, 1.54) is 0 Å². The smallest absolute Gasteiger partial charge is 0.340 e. The number of halogens is 1. The van der Waals surface area contributed by atoms with Crippen molar-refractivity contribution in [3.8, 4) is 0 Å². The van der Waals surface area contributed by atoms with Crippen molar-refractivity contribution in [3.63, 3.8) is 0 Å². The molecule has 0 aliphatic carbocycles. The average molecular weight is 191 g/mol. The number of aliphatic hydroxyl groups is 7. The van der Waals surface area contributed by atoms with Crippen molar-refractivity contribution in [2.24, 2.45) is 0 Å². The molecule has 0 bridgehead atoms. The van der Waals surface area contributed by atoms with Gasteiger partial charge in [-0.05, 0) is 0 Å². The molecule has 68 valence electrons. The zero-order chi connectivity index (χ0) is 9.50. The Balaban J connectivity index is 4.75. The molecule has 0 radical (unpaired) electrons. The molecule has 0 saturated heterocycles. The molecule has 0 spiro atoms. The van der Waals surface area contributed by atoms with E-state index in [0.717, 1.165) is 0 Å². The maximum absolute atomic E-state index is 8.36. The van der Waals surface area contributed by atoms with Gasteiger partial charge in [0.1, 0.15) is 0 Å². The van der Waals surface area contributed by atoms with Crippen LogP contribution < -0.4 is 0 Å². The molecule has 8 heteroatoms. The monoisotopic (exact) mass is 190 g/mol. The predicted molar refractivity (Wildman–Crippen MR) is 29.6 cm³/mol. The minimum absolute atomic E-state index is 3.79. The summed E-state index contributed by atoms with van der Waals surface area (Å²) in [6.45, 7) is 0. The van der Waals surface area contributed by atoms with E-state index in [4.69, 9.17) is 35.7 Å². The molecule has 0 saturated carbocycles. The molecule has 0 heterocycles. The summed E-state index contributed by atoms with van der Waals surface area (Å²) in [6.07, 6.45) is 0. The van der Waals surface area contributed by atoms with E-state index < -0.39 is 17.0 Å². The van der Waals surface area contributed by atoms with E-state index in [-0.39, 0.29) is 0 Å². The summed E-state index contributed by atoms with van der Waals surface area (Å²) < 4.78 is 0. The fraction of sp³-hybridized carbons (Fsp3) is 1.00. The van der Waals surface area contributed by atoms with Gasteiger partial charge >= 0.3 is 17.0 Å².